The lowest BCUT2D eigenvalue weighted by molar-refractivity contribution is 0.282. The molecule has 1 aromatic heterocycles. The van der Waals surface area contributed by atoms with E-state index in [0.29, 0.717) is 17.7 Å². The summed E-state index contributed by atoms with van der Waals surface area (Å²) in [5.41, 5.74) is 2.46. The molecule has 7 nitrogen and oxygen atoms in total. The molecule has 0 aliphatic heterocycles. The molecule has 0 radical (unpaired) electrons. The molecule has 3 aromatic rings. The second-order valence-electron chi connectivity index (χ2n) is 5.37. The highest BCUT2D eigenvalue weighted by molar-refractivity contribution is 5.58. The molecule has 0 aliphatic carbocycles. The zero-order valence-corrected chi connectivity index (χ0v) is 14.0. The number of methoxy groups -OCH3 is 1. The third-order valence-corrected chi connectivity index (χ3v) is 3.46. The van der Waals surface area contributed by atoms with Crippen LogP contribution in [-0.4, -0.2) is 27.2 Å². The van der Waals surface area contributed by atoms with Crippen molar-refractivity contribution >= 4 is 23.3 Å². The highest BCUT2D eigenvalue weighted by atomic mass is 16.5. The van der Waals surface area contributed by atoms with Gasteiger partial charge in [0, 0.05) is 11.4 Å². The normalized spacial score (nSPS) is 10.4. The highest BCUT2D eigenvalue weighted by Crippen LogP contribution is 2.20. The molecule has 0 spiro atoms. The van der Waals surface area contributed by atoms with Crippen molar-refractivity contribution < 1.29 is 9.84 Å². The van der Waals surface area contributed by atoms with Gasteiger partial charge >= 0.3 is 0 Å². The van der Waals surface area contributed by atoms with Gasteiger partial charge in [0.05, 0.1) is 13.7 Å². The Morgan fingerprint density at radius 2 is 1.60 bits per heavy atom. The Labute approximate surface area is 145 Å². The summed E-state index contributed by atoms with van der Waals surface area (Å²) in [6.45, 7) is 1.78. The molecule has 0 unspecified atom stereocenters. The fraction of sp³-hybridized carbons (Fsp3) is 0.167. The van der Waals surface area contributed by atoms with E-state index in [2.05, 4.69) is 25.6 Å². The van der Waals surface area contributed by atoms with E-state index < -0.39 is 0 Å². The van der Waals surface area contributed by atoms with Gasteiger partial charge in [-0.05, 0) is 48.9 Å². The molecular formula is C18H19N5O2. The molecule has 2 aromatic carbocycles. The Kier molecular flexibility index (Phi) is 5.06. The summed E-state index contributed by atoms with van der Waals surface area (Å²) in [4.78, 5) is 13.0. The van der Waals surface area contributed by atoms with Gasteiger partial charge in [0.2, 0.25) is 11.9 Å². The first-order valence-electron chi connectivity index (χ1n) is 7.77. The van der Waals surface area contributed by atoms with E-state index in [1.54, 1.807) is 14.0 Å². The molecule has 0 fully saturated rings. The van der Waals surface area contributed by atoms with Gasteiger partial charge in [0.15, 0.2) is 0 Å². The molecule has 0 saturated heterocycles. The summed E-state index contributed by atoms with van der Waals surface area (Å²) in [6.07, 6.45) is 0. The molecule has 1 heterocycles. The monoisotopic (exact) mass is 337 g/mol. The number of aliphatic hydroxyl groups is 1. The topological polar surface area (TPSA) is 92.2 Å². The van der Waals surface area contributed by atoms with Crippen LogP contribution in [0, 0.1) is 6.92 Å². The summed E-state index contributed by atoms with van der Waals surface area (Å²) >= 11 is 0. The number of benzene rings is 2. The SMILES string of the molecule is COc1ccc(Nc2nc(C)nc(Nc3cccc(CO)c3)n2)cc1. The van der Waals surface area contributed by atoms with Crippen molar-refractivity contribution in [2.24, 2.45) is 0 Å². The molecule has 25 heavy (non-hydrogen) atoms. The fourth-order valence-corrected chi connectivity index (χ4v) is 2.27. The van der Waals surface area contributed by atoms with Crippen LogP contribution in [0.3, 0.4) is 0 Å². The minimum Gasteiger partial charge on any atom is -0.497 e. The van der Waals surface area contributed by atoms with Crippen LogP contribution in [0.2, 0.25) is 0 Å². The maximum atomic E-state index is 9.23. The lowest BCUT2D eigenvalue weighted by atomic mass is 10.2. The zero-order valence-electron chi connectivity index (χ0n) is 14.0. The minimum atomic E-state index is -0.0178. The highest BCUT2D eigenvalue weighted by Gasteiger charge is 2.06. The van der Waals surface area contributed by atoms with E-state index in [4.69, 9.17) is 4.74 Å². The van der Waals surface area contributed by atoms with Gasteiger partial charge in [0.25, 0.3) is 0 Å². The molecule has 7 heteroatoms. The van der Waals surface area contributed by atoms with Gasteiger partial charge in [0.1, 0.15) is 11.6 Å². The predicted octanol–water partition coefficient (Wildman–Crippen LogP) is 3.17. The number of nitrogens with one attached hydrogen (secondary N) is 2. The van der Waals surface area contributed by atoms with Crippen molar-refractivity contribution in [2.45, 2.75) is 13.5 Å². The fourth-order valence-electron chi connectivity index (χ4n) is 2.27. The van der Waals surface area contributed by atoms with Crippen LogP contribution in [0.5, 0.6) is 5.75 Å². The molecule has 3 rings (SSSR count). The summed E-state index contributed by atoms with van der Waals surface area (Å²) < 4.78 is 5.15. The lowest BCUT2D eigenvalue weighted by Crippen LogP contribution is -2.05. The van der Waals surface area contributed by atoms with Gasteiger partial charge in [-0.25, -0.2) is 0 Å². The van der Waals surface area contributed by atoms with Crippen molar-refractivity contribution in [1.29, 1.82) is 0 Å². The number of anilines is 4. The van der Waals surface area contributed by atoms with E-state index in [-0.39, 0.29) is 6.61 Å². The smallest absolute Gasteiger partial charge is 0.232 e. The molecule has 0 bridgehead atoms. The average molecular weight is 337 g/mol. The van der Waals surface area contributed by atoms with Crippen molar-refractivity contribution in [3.05, 3.63) is 59.9 Å². The van der Waals surface area contributed by atoms with Gasteiger partial charge in [-0.2, -0.15) is 15.0 Å². The Balaban J connectivity index is 1.79. The number of rotatable bonds is 6. The summed E-state index contributed by atoms with van der Waals surface area (Å²) in [5.74, 6) is 2.24. The first kappa shape index (κ1) is 16.7. The Hall–Kier alpha value is -3.19. The zero-order chi connectivity index (χ0) is 17.6. The molecular weight excluding hydrogens is 318 g/mol. The second-order valence-corrected chi connectivity index (χ2v) is 5.37. The maximum Gasteiger partial charge on any atom is 0.232 e. The van der Waals surface area contributed by atoms with E-state index in [1.807, 2.05) is 48.5 Å². The quantitative estimate of drug-likeness (QED) is 0.636. The molecule has 128 valence electrons. The van der Waals surface area contributed by atoms with Crippen LogP contribution in [0.4, 0.5) is 23.3 Å². The largest absolute Gasteiger partial charge is 0.497 e. The number of aliphatic hydroxyl groups excluding tert-OH is 1. The number of aromatic nitrogens is 3. The van der Waals surface area contributed by atoms with Crippen LogP contribution in [0.15, 0.2) is 48.5 Å². The average Bonchev–Trinajstić information content (AvgIpc) is 2.62. The summed E-state index contributed by atoms with van der Waals surface area (Å²) in [5, 5.41) is 15.5. The molecule has 0 atom stereocenters. The Morgan fingerprint density at radius 3 is 2.24 bits per heavy atom. The van der Waals surface area contributed by atoms with Crippen molar-refractivity contribution in [1.82, 2.24) is 15.0 Å². The number of aryl methyl sites for hydroxylation is 1. The van der Waals surface area contributed by atoms with Crippen molar-refractivity contribution in [3.8, 4) is 5.75 Å². The molecule has 0 amide bonds. The third-order valence-electron chi connectivity index (χ3n) is 3.46. The predicted molar refractivity (Wildman–Crippen MR) is 96.5 cm³/mol. The van der Waals surface area contributed by atoms with Crippen LogP contribution < -0.4 is 15.4 Å². The summed E-state index contributed by atoms with van der Waals surface area (Å²) in [7, 11) is 1.63. The van der Waals surface area contributed by atoms with Gasteiger partial charge < -0.3 is 20.5 Å². The number of hydrogen-bond acceptors (Lipinski definition) is 7. The number of nitrogens with zero attached hydrogens (tertiary/aromatic N) is 3. The van der Waals surface area contributed by atoms with Crippen LogP contribution in [0.25, 0.3) is 0 Å². The lowest BCUT2D eigenvalue weighted by Gasteiger charge is -2.10. The minimum absolute atomic E-state index is 0.0178. The van der Waals surface area contributed by atoms with Crippen molar-refractivity contribution in [2.75, 3.05) is 17.7 Å². The van der Waals surface area contributed by atoms with E-state index >= 15 is 0 Å². The standard InChI is InChI=1S/C18H19N5O2/c1-12-19-17(21-14-6-8-16(25-2)9-7-14)23-18(20-12)22-15-5-3-4-13(10-15)11-24/h3-10,24H,11H2,1-2H3,(H2,19,20,21,22,23). The van der Waals surface area contributed by atoms with Gasteiger partial charge in [-0.15, -0.1) is 0 Å². The summed E-state index contributed by atoms with van der Waals surface area (Å²) in [6, 6.07) is 14.9. The van der Waals surface area contributed by atoms with Crippen molar-refractivity contribution in [3.63, 3.8) is 0 Å². The number of ether oxygens (including phenoxy) is 1. The van der Waals surface area contributed by atoms with E-state index in [9.17, 15) is 5.11 Å². The molecule has 3 N–H and O–H groups in total. The molecule has 0 aliphatic rings. The second kappa shape index (κ2) is 7.59. The van der Waals surface area contributed by atoms with Gasteiger partial charge in [-0.1, -0.05) is 12.1 Å². The van der Waals surface area contributed by atoms with Crippen LogP contribution in [-0.2, 0) is 6.61 Å². The van der Waals surface area contributed by atoms with Crippen LogP contribution >= 0.6 is 0 Å². The van der Waals surface area contributed by atoms with Gasteiger partial charge in [-0.3, -0.25) is 0 Å². The maximum absolute atomic E-state index is 9.23. The third kappa shape index (κ3) is 4.42. The van der Waals surface area contributed by atoms with E-state index in [0.717, 1.165) is 22.7 Å². The Bertz CT molecular complexity index is 852. The first-order valence-corrected chi connectivity index (χ1v) is 7.77. The van der Waals surface area contributed by atoms with Crippen LogP contribution in [0.1, 0.15) is 11.4 Å². The van der Waals surface area contributed by atoms with E-state index in [1.165, 1.54) is 0 Å². The Morgan fingerprint density at radius 1 is 0.920 bits per heavy atom. The first-order chi connectivity index (χ1) is 12.2. The molecule has 0 saturated carbocycles. The number of hydrogen-bond donors (Lipinski definition) is 3.